The number of hydrogen-bond acceptors (Lipinski definition) is 6. The van der Waals surface area contributed by atoms with Gasteiger partial charge in [0.2, 0.25) is 5.91 Å². The van der Waals surface area contributed by atoms with Crippen LogP contribution in [0.15, 0.2) is 42.5 Å². The lowest BCUT2D eigenvalue weighted by Crippen LogP contribution is -2.42. The van der Waals surface area contributed by atoms with Crippen LogP contribution in [0.5, 0.6) is 11.5 Å². The lowest BCUT2D eigenvalue weighted by Gasteiger charge is -2.29. The first-order valence-electron chi connectivity index (χ1n) is 8.54. The summed E-state index contributed by atoms with van der Waals surface area (Å²) in [5.41, 5.74) is 1.14. The molecule has 0 spiro atoms. The van der Waals surface area contributed by atoms with E-state index in [-0.39, 0.29) is 24.2 Å². The molecule has 1 N–H and O–H groups in total. The number of ether oxygens (including phenoxy) is 2. The Bertz CT molecular complexity index is 855. The molecular formula is C19H21N3O5. The van der Waals surface area contributed by atoms with Crippen molar-refractivity contribution >= 4 is 17.3 Å². The van der Waals surface area contributed by atoms with Crippen LogP contribution in [0.25, 0.3) is 0 Å². The third-order valence-electron chi connectivity index (χ3n) is 4.20. The van der Waals surface area contributed by atoms with Gasteiger partial charge in [-0.05, 0) is 31.7 Å². The fourth-order valence-corrected chi connectivity index (χ4v) is 2.86. The van der Waals surface area contributed by atoms with Crippen LogP contribution < -0.4 is 14.8 Å². The van der Waals surface area contributed by atoms with E-state index in [1.165, 1.54) is 12.1 Å². The molecule has 0 unspecified atom stereocenters. The zero-order valence-electron chi connectivity index (χ0n) is 15.2. The molecule has 1 aliphatic rings. The lowest BCUT2D eigenvalue weighted by molar-refractivity contribution is -0.384. The summed E-state index contributed by atoms with van der Waals surface area (Å²) in [5.74, 6) is 1.16. The molecule has 1 atom stereocenters. The molecule has 8 heteroatoms. The number of rotatable bonds is 6. The standard InChI is InChI=1S/C19H21N3O5/c1-13-7-8-14(22(24)25)9-16(13)20-19(23)11-21(2)10-15-12-26-17-5-3-4-6-18(17)27-15/h3-9,15H,10-12H2,1-2H3,(H,20,23)/t15-/m1/s1. The number of amides is 1. The third-order valence-corrected chi connectivity index (χ3v) is 4.20. The molecule has 142 valence electrons. The van der Waals surface area contributed by atoms with Gasteiger partial charge in [0.1, 0.15) is 12.7 Å². The number of likely N-dealkylation sites (N-methyl/N-ethyl adjacent to an activating group) is 1. The first-order chi connectivity index (χ1) is 12.9. The second-order valence-corrected chi connectivity index (χ2v) is 6.50. The number of nitro groups is 1. The van der Waals surface area contributed by atoms with Crippen molar-refractivity contribution in [2.75, 3.05) is 32.1 Å². The van der Waals surface area contributed by atoms with Gasteiger partial charge in [0.15, 0.2) is 11.5 Å². The van der Waals surface area contributed by atoms with Crippen LogP contribution in [-0.4, -0.2) is 48.6 Å². The van der Waals surface area contributed by atoms with Crippen molar-refractivity contribution in [3.8, 4) is 11.5 Å². The molecule has 1 amide bonds. The topological polar surface area (TPSA) is 93.9 Å². The van der Waals surface area contributed by atoms with Crippen LogP contribution in [0.2, 0.25) is 0 Å². The van der Waals surface area contributed by atoms with Gasteiger partial charge < -0.3 is 14.8 Å². The highest BCUT2D eigenvalue weighted by Crippen LogP contribution is 2.31. The van der Waals surface area contributed by atoms with E-state index < -0.39 is 4.92 Å². The van der Waals surface area contributed by atoms with Crippen LogP contribution >= 0.6 is 0 Å². The molecule has 0 radical (unpaired) electrons. The molecule has 0 aliphatic carbocycles. The van der Waals surface area contributed by atoms with E-state index >= 15 is 0 Å². The largest absolute Gasteiger partial charge is 0.486 e. The number of carbonyl (C=O) groups is 1. The molecule has 0 fully saturated rings. The van der Waals surface area contributed by atoms with E-state index in [0.29, 0.717) is 24.6 Å². The van der Waals surface area contributed by atoms with E-state index in [2.05, 4.69) is 5.32 Å². The van der Waals surface area contributed by atoms with Crippen molar-refractivity contribution in [2.24, 2.45) is 0 Å². The summed E-state index contributed by atoms with van der Waals surface area (Å²) >= 11 is 0. The van der Waals surface area contributed by atoms with Crippen molar-refractivity contribution in [1.29, 1.82) is 0 Å². The number of nitro benzene ring substituents is 1. The summed E-state index contributed by atoms with van der Waals surface area (Å²) in [6.45, 7) is 2.83. The molecule has 3 rings (SSSR count). The van der Waals surface area contributed by atoms with Crippen molar-refractivity contribution in [2.45, 2.75) is 13.0 Å². The molecular weight excluding hydrogens is 350 g/mol. The van der Waals surface area contributed by atoms with Crippen molar-refractivity contribution in [3.63, 3.8) is 0 Å². The number of anilines is 1. The number of fused-ring (bicyclic) bond motifs is 1. The first-order valence-corrected chi connectivity index (χ1v) is 8.54. The Hall–Kier alpha value is -3.13. The normalized spacial score (nSPS) is 15.4. The van der Waals surface area contributed by atoms with E-state index in [0.717, 1.165) is 11.3 Å². The van der Waals surface area contributed by atoms with Crippen molar-refractivity contribution in [3.05, 3.63) is 58.1 Å². The Morgan fingerprint density at radius 3 is 2.78 bits per heavy atom. The van der Waals surface area contributed by atoms with E-state index in [9.17, 15) is 14.9 Å². The number of nitrogens with zero attached hydrogens (tertiary/aromatic N) is 2. The lowest BCUT2D eigenvalue weighted by atomic mass is 10.2. The quantitative estimate of drug-likeness (QED) is 0.620. The fraction of sp³-hybridized carbons (Fsp3) is 0.316. The SMILES string of the molecule is Cc1ccc([N+](=O)[O-])cc1NC(=O)CN(C)C[C@@H]1COc2ccccc2O1. The summed E-state index contributed by atoms with van der Waals surface area (Å²) in [6.07, 6.45) is -0.183. The zero-order valence-corrected chi connectivity index (χ0v) is 15.2. The predicted octanol–water partition coefficient (Wildman–Crippen LogP) is 2.61. The van der Waals surface area contributed by atoms with Gasteiger partial charge >= 0.3 is 0 Å². The Balaban J connectivity index is 1.54. The minimum absolute atomic E-state index is 0.0596. The number of carbonyl (C=O) groups excluding carboxylic acids is 1. The molecule has 0 aromatic heterocycles. The number of para-hydroxylation sites is 2. The van der Waals surface area contributed by atoms with Gasteiger partial charge in [-0.1, -0.05) is 18.2 Å². The minimum atomic E-state index is -0.487. The highest BCUT2D eigenvalue weighted by molar-refractivity contribution is 5.93. The zero-order chi connectivity index (χ0) is 19.4. The van der Waals surface area contributed by atoms with E-state index in [1.54, 1.807) is 13.0 Å². The summed E-state index contributed by atoms with van der Waals surface area (Å²) in [7, 11) is 1.81. The van der Waals surface area contributed by atoms with Gasteiger partial charge in [0.25, 0.3) is 5.69 Å². The summed E-state index contributed by atoms with van der Waals surface area (Å²) in [5, 5.41) is 13.6. The number of aryl methyl sites for hydroxylation is 1. The molecule has 1 aliphatic heterocycles. The first kappa shape index (κ1) is 18.7. The van der Waals surface area contributed by atoms with Crippen LogP contribution in [0, 0.1) is 17.0 Å². The highest BCUT2D eigenvalue weighted by atomic mass is 16.6. The molecule has 2 aromatic carbocycles. The predicted molar refractivity (Wildman–Crippen MR) is 100 cm³/mol. The molecule has 0 saturated carbocycles. The molecule has 27 heavy (non-hydrogen) atoms. The van der Waals surface area contributed by atoms with Crippen molar-refractivity contribution in [1.82, 2.24) is 4.90 Å². The van der Waals surface area contributed by atoms with Crippen molar-refractivity contribution < 1.29 is 19.2 Å². The van der Waals surface area contributed by atoms with E-state index in [1.807, 2.05) is 36.2 Å². The smallest absolute Gasteiger partial charge is 0.271 e. The highest BCUT2D eigenvalue weighted by Gasteiger charge is 2.22. The second-order valence-electron chi connectivity index (χ2n) is 6.50. The van der Waals surface area contributed by atoms with E-state index in [4.69, 9.17) is 9.47 Å². The molecule has 8 nitrogen and oxygen atoms in total. The van der Waals surface area contributed by atoms with Crippen LogP contribution in [-0.2, 0) is 4.79 Å². The average Bonchev–Trinajstić information content (AvgIpc) is 2.63. The van der Waals surface area contributed by atoms with Gasteiger partial charge in [0.05, 0.1) is 17.2 Å². The third kappa shape index (κ3) is 4.73. The molecule has 1 heterocycles. The monoisotopic (exact) mass is 371 g/mol. The summed E-state index contributed by atoms with van der Waals surface area (Å²) < 4.78 is 11.6. The number of hydrogen-bond donors (Lipinski definition) is 1. The molecule has 2 aromatic rings. The Labute approximate surface area is 156 Å². The van der Waals surface area contributed by atoms with Gasteiger partial charge in [-0.3, -0.25) is 19.8 Å². The summed E-state index contributed by atoms with van der Waals surface area (Å²) in [6, 6.07) is 11.8. The second kappa shape index (κ2) is 8.05. The minimum Gasteiger partial charge on any atom is -0.486 e. The fourth-order valence-electron chi connectivity index (χ4n) is 2.86. The number of benzene rings is 2. The Morgan fingerprint density at radius 2 is 2.04 bits per heavy atom. The Kier molecular flexibility index (Phi) is 5.56. The summed E-state index contributed by atoms with van der Waals surface area (Å²) in [4.78, 5) is 24.5. The maximum atomic E-state index is 12.3. The molecule has 0 saturated heterocycles. The van der Waals surface area contributed by atoms with Gasteiger partial charge in [-0.15, -0.1) is 0 Å². The maximum Gasteiger partial charge on any atom is 0.271 e. The maximum absolute atomic E-state index is 12.3. The van der Waals surface area contributed by atoms with Crippen LogP contribution in [0.4, 0.5) is 11.4 Å². The number of nitrogens with one attached hydrogen (secondary N) is 1. The van der Waals surface area contributed by atoms with Gasteiger partial charge in [-0.25, -0.2) is 0 Å². The van der Waals surface area contributed by atoms with Gasteiger partial charge in [-0.2, -0.15) is 0 Å². The van der Waals surface area contributed by atoms with Gasteiger partial charge in [0, 0.05) is 18.7 Å². The Morgan fingerprint density at radius 1 is 1.30 bits per heavy atom. The average molecular weight is 371 g/mol. The van der Waals surface area contributed by atoms with Crippen LogP contribution in [0.3, 0.4) is 0 Å². The molecule has 0 bridgehead atoms. The van der Waals surface area contributed by atoms with Crippen LogP contribution in [0.1, 0.15) is 5.56 Å². The number of non-ortho nitro benzene ring substituents is 1.